The molecule has 1 aliphatic heterocycles. The van der Waals surface area contributed by atoms with Crippen molar-refractivity contribution in [3.8, 4) is 0 Å². The Morgan fingerprint density at radius 3 is 2.50 bits per heavy atom. The Morgan fingerprint density at radius 2 is 2.25 bits per heavy atom. The molecule has 0 unspecified atom stereocenters. The third kappa shape index (κ3) is 1.44. The number of ketones is 1. The van der Waals surface area contributed by atoms with Gasteiger partial charge in [-0.1, -0.05) is 13.0 Å². The Bertz CT molecular complexity index is 200. The molecular formula is C10H17NO. The average molecular weight is 167 g/mol. The lowest BCUT2D eigenvalue weighted by atomic mass is 10.0. The highest BCUT2D eigenvalue weighted by Gasteiger charge is 2.36. The number of hydrogen-bond donors (Lipinski definition) is 0. The van der Waals surface area contributed by atoms with Crippen LogP contribution >= 0.6 is 0 Å². The maximum Gasteiger partial charge on any atom is 0.146 e. The summed E-state index contributed by atoms with van der Waals surface area (Å²) in [7, 11) is 2.00. The lowest BCUT2D eigenvalue weighted by Crippen LogP contribution is -2.36. The van der Waals surface area contributed by atoms with Crippen molar-refractivity contribution in [2.75, 3.05) is 7.05 Å². The Balaban J connectivity index is 2.74. The zero-order chi connectivity index (χ0) is 9.30. The fourth-order valence-electron chi connectivity index (χ4n) is 2.12. The van der Waals surface area contributed by atoms with Crippen LogP contribution in [0.2, 0.25) is 0 Å². The summed E-state index contributed by atoms with van der Waals surface area (Å²) in [5.74, 6) is 0.829. The molecule has 1 fully saturated rings. The molecule has 0 radical (unpaired) electrons. The van der Waals surface area contributed by atoms with Crippen LogP contribution in [0, 0.1) is 5.92 Å². The van der Waals surface area contributed by atoms with Crippen molar-refractivity contribution < 1.29 is 4.79 Å². The van der Waals surface area contributed by atoms with Crippen LogP contribution in [-0.4, -0.2) is 29.8 Å². The number of rotatable bonds is 2. The van der Waals surface area contributed by atoms with Gasteiger partial charge in [0.25, 0.3) is 0 Å². The summed E-state index contributed by atoms with van der Waals surface area (Å²) in [5.41, 5.74) is 0. The normalized spacial score (nSPS) is 36.8. The van der Waals surface area contributed by atoms with Gasteiger partial charge in [-0.25, -0.2) is 0 Å². The zero-order valence-corrected chi connectivity index (χ0v) is 8.08. The largest absolute Gasteiger partial charge is 0.298 e. The minimum atomic E-state index is 0.114. The van der Waals surface area contributed by atoms with Crippen molar-refractivity contribution in [1.29, 1.82) is 0 Å². The van der Waals surface area contributed by atoms with Crippen molar-refractivity contribution in [2.24, 2.45) is 5.92 Å². The first-order chi connectivity index (χ1) is 5.57. The molecule has 0 saturated carbocycles. The van der Waals surface area contributed by atoms with E-state index in [4.69, 9.17) is 0 Å². The van der Waals surface area contributed by atoms with Crippen molar-refractivity contribution in [2.45, 2.75) is 32.4 Å². The summed E-state index contributed by atoms with van der Waals surface area (Å²) in [6.07, 6.45) is 2.91. The van der Waals surface area contributed by atoms with Crippen LogP contribution in [-0.2, 0) is 4.79 Å². The SMILES string of the molecule is C=C[C@H]1[C@H](C)C[C@H](C(C)=O)N1C. The van der Waals surface area contributed by atoms with Gasteiger partial charge in [0.2, 0.25) is 0 Å². The van der Waals surface area contributed by atoms with Gasteiger partial charge in [-0.2, -0.15) is 0 Å². The summed E-state index contributed by atoms with van der Waals surface area (Å²) >= 11 is 0. The predicted molar refractivity (Wildman–Crippen MR) is 50.0 cm³/mol. The quantitative estimate of drug-likeness (QED) is 0.580. The Kier molecular flexibility index (Phi) is 2.68. The van der Waals surface area contributed by atoms with Gasteiger partial charge in [0.1, 0.15) is 5.78 Å². The topological polar surface area (TPSA) is 20.3 Å². The highest BCUT2D eigenvalue weighted by molar-refractivity contribution is 5.81. The highest BCUT2D eigenvalue weighted by atomic mass is 16.1. The zero-order valence-electron chi connectivity index (χ0n) is 8.08. The summed E-state index contributed by atoms with van der Waals surface area (Å²) < 4.78 is 0. The summed E-state index contributed by atoms with van der Waals surface area (Å²) in [5, 5.41) is 0. The average Bonchev–Trinajstić information content (AvgIpc) is 2.27. The number of carbonyl (C=O) groups excluding carboxylic acids is 1. The van der Waals surface area contributed by atoms with E-state index in [2.05, 4.69) is 18.4 Å². The Labute approximate surface area is 74.2 Å². The van der Waals surface area contributed by atoms with Crippen LogP contribution < -0.4 is 0 Å². The lowest BCUT2D eigenvalue weighted by Gasteiger charge is -2.22. The van der Waals surface area contributed by atoms with E-state index in [1.807, 2.05) is 13.1 Å². The van der Waals surface area contributed by atoms with Crippen molar-refractivity contribution >= 4 is 5.78 Å². The van der Waals surface area contributed by atoms with Gasteiger partial charge in [-0.3, -0.25) is 9.69 Å². The maximum absolute atomic E-state index is 11.2. The second-order valence-electron chi connectivity index (χ2n) is 3.73. The summed E-state index contributed by atoms with van der Waals surface area (Å²) in [6, 6.07) is 0.488. The molecule has 1 rings (SSSR count). The molecule has 0 aromatic heterocycles. The second kappa shape index (κ2) is 3.40. The third-order valence-corrected chi connectivity index (χ3v) is 2.85. The van der Waals surface area contributed by atoms with Crippen LogP contribution in [0.4, 0.5) is 0 Å². The number of carbonyl (C=O) groups is 1. The van der Waals surface area contributed by atoms with E-state index < -0.39 is 0 Å². The van der Waals surface area contributed by atoms with E-state index in [0.29, 0.717) is 12.0 Å². The third-order valence-electron chi connectivity index (χ3n) is 2.85. The Hall–Kier alpha value is -0.630. The standard InChI is InChI=1S/C10H17NO/c1-5-9-7(2)6-10(8(3)12)11(9)4/h5,7,9-10H,1,6H2,2-4H3/t7-,9+,10-/m1/s1. The minimum Gasteiger partial charge on any atom is -0.298 e. The first kappa shape index (κ1) is 9.46. The fraction of sp³-hybridized carbons (Fsp3) is 0.700. The van der Waals surface area contributed by atoms with E-state index in [1.54, 1.807) is 6.92 Å². The van der Waals surface area contributed by atoms with E-state index in [1.165, 1.54) is 0 Å². The van der Waals surface area contributed by atoms with Crippen LogP contribution in [0.5, 0.6) is 0 Å². The molecule has 0 aliphatic carbocycles. The summed E-state index contributed by atoms with van der Waals surface area (Å²) in [4.78, 5) is 13.3. The van der Waals surface area contributed by atoms with Gasteiger partial charge in [0, 0.05) is 6.04 Å². The van der Waals surface area contributed by atoms with Gasteiger partial charge in [-0.15, -0.1) is 6.58 Å². The van der Waals surface area contributed by atoms with E-state index >= 15 is 0 Å². The number of hydrogen-bond acceptors (Lipinski definition) is 2. The molecule has 0 aromatic carbocycles. The fourth-order valence-corrected chi connectivity index (χ4v) is 2.12. The van der Waals surface area contributed by atoms with Crippen molar-refractivity contribution in [3.63, 3.8) is 0 Å². The van der Waals surface area contributed by atoms with Gasteiger partial charge >= 0.3 is 0 Å². The van der Waals surface area contributed by atoms with Crippen molar-refractivity contribution in [1.82, 2.24) is 4.90 Å². The number of likely N-dealkylation sites (N-methyl/N-ethyl adjacent to an activating group) is 1. The number of likely N-dealkylation sites (tertiary alicyclic amines) is 1. The highest BCUT2D eigenvalue weighted by Crippen LogP contribution is 2.28. The lowest BCUT2D eigenvalue weighted by molar-refractivity contribution is -0.121. The first-order valence-corrected chi connectivity index (χ1v) is 4.43. The number of Topliss-reactive ketones (excluding diaryl/α,β-unsaturated/α-hetero) is 1. The molecule has 1 aliphatic rings. The van der Waals surface area contributed by atoms with Gasteiger partial charge in [-0.05, 0) is 26.3 Å². The predicted octanol–water partition coefficient (Wildman–Crippen LogP) is 1.47. The van der Waals surface area contributed by atoms with Gasteiger partial charge < -0.3 is 0 Å². The van der Waals surface area contributed by atoms with E-state index in [9.17, 15) is 4.79 Å². The van der Waals surface area contributed by atoms with Crippen molar-refractivity contribution in [3.05, 3.63) is 12.7 Å². The van der Waals surface area contributed by atoms with Gasteiger partial charge in [0.15, 0.2) is 0 Å². The van der Waals surface area contributed by atoms with Crippen LogP contribution in [0.15, 0.2) is 12.7 Å². The van der Waals surface area contributed by atoms with Crippen LogP contribution in [0.1, 0.15) is 20.3 Å². The van der Waals surface area contributed by atoms with E-state index in [-0.39, 0.29) is 11.8 Å². The van der Waals surface area contributed by atoms with Crippen LogP contribution in [0.25, 0.3) is 0 Å². The summed E-state index contributed by atoms with van der Waals surface area (Å²) in [6.45, 7) is 7.62. The molecule has 0 N–H and O–H groups in total. The smallest absolute Gasteiger partial charge is 0.146 e. The molecule has 2 nitrogen and oxygen atoms in total. The molecule has 3 atom stereocenters. The molecule has 0 amide bonds. The molecule has 1 saturated heterocycles. The molecule has 12 heavy (non-hydrogen) atoms. The Morgan fingerprint density at radius 1 is 1.67 bits per heavy atom. The molecular weight excluding hydrogens is 150 g/mol. The second-order valence-corrected chi connectivity index (χ2v) is 3.73. The molecule has 1 heterocycles. The molecule has 0 bridgehead atoms. The molecule has 68 valence electrons. The molecule has 0 spiro atoms. The van der Waals surface area contributed by atoms with Crippen LogP contribution in [0.3, 0.4) is 0 Å². The van der Waals surface area contributed by atoms with E-state index in [0.717, 1.165) is 6.42 Å². The number of nitrogens with zero attached hydrogens (tertiary/aromatic N) is 1. The maximum atomic E-state index is 11.2. The first-order valence-electron chi connectivity index (χ1n) is 4.43. The minimum absolute atomic E-state index is 0.114. The molecule has 0 aromatic rings. The monoisotopic (exact) mass is 167 g/mol. The molecule has 2 heteroatoms. The van der Waals surface area contributed by atoms with Gasteiger partial charge in [0.05, 0.1) is 6.04 Å².